The van der Waals surface area contributed by atoms with Crippen molar-refractivity contribution < 1.29 is 19.1 Å². The maximum Gasteiger partial charge on any atom is 0.267 e. The number of carbonyl (C=O) groups excluding carboxylic acids is 1. The van der Waals surface area contributed by atoms with Crippen molar-refractivity contribution in [2.24, 2.45) is 5.16 Å². The smallest absolute Gasteiger partial charge is 0.267 e. The van der Waals surface area contributed by atoms with Crippen molar-refractivity contribution in [2.45, 2.75) is 18.9 Å². The molecule has 102 valence electrons. The molecule has 0 aliphatic carbocycles. The Morgan fingerprint density at radius 1 is 1.58 bits per heavy atom. The molecule has 5 nitrogen and oxygen atoms in total. The highest BCUT2D eigenvalue weighted by Crippen LogP contribution is 2.27. The van der Waals surface area contributed by atoms with Gasteiger partial charge in [-0.05, 0) is 13.0 Å². The van der Waals surface area contributed by atoms with Crippen molar-refractivity contribution in [1.82, 2.24) is 5.32 Å². The van der Waals surface area contributed by atoms with Gasteiger partial charge >= 0.3 is 0 Å². The van der Waals surface area contributed by atoms with Crippen LogP contribution in [0.3, 0.4) is 0 Å². The normalized spacial score (nSPS) is 21.7. The van der Waals surface area contributed by atoms with Gasteiger partial charge in [-0.1, -0.05) is 23.4 Å². The minimum absolute atomic E-state index is 0.146. The van der Waals surface area contributed by atoms with Crippen molar-refractivity contribution in [1.29, 1.82) is 0 Å². The van der Waals surface area contributed by atoms with E-state index in [1.54, 1.807) is 25.1 Å². The van der Waals surface area contributed by atoms with E-state index in [4.69, 9.17) is 9.94 Å². The van der Waals surface area contributed by atoms with Crippen molar-refractivity contribution in [3.63, 3.8) is 0 Å². The van der Waals surface area contributed by atoms with E-state index in [1.165, 1.54) is 6.07 Å². The highest BCUT2D eigenvalue weighted by molar-refractivity contribution is 6.05. The molecular formula is C13H15FN2O3. The summed E-state index contributed by atoms with van der Waals surface area (Å²) in [7, 11) is 0. The monoisotopic (exact) mass is 266 g/mol. The fourth-order valence-electron chi connectivity index (χ4n) is 1.86. The number of benzene rings is 1. The Labute approximate surface area is 110 Å². The first kappa shape index (κ1) is 13.5. The van der Waals surface area contributed by atoms with Crippen LogP contribution in [-0.2, 0) is 9.63 Å². The minimum Gasteiger partial charge on any atom is -0.395 e. The molecule has 2 rings (SSSR count). The zero-order valence-electron chi connectivity index (χ0n) is 10.5. The summed E-state index contributed by atoms with van der Waals surface area (Å²) in [5.41, 5.74) is -0.423. The fourth-order valence-corrected chi connectivity index (χ4v) is 1.86. The first-order valence-corrected chi connectivity index (χ1v) is 5.96. The fraction of sp³-hybridized carbons (Fsp3) is 0.385. The van der Waals surface area contributed by atoms with Crippen molar-refractivity contribution in [3.05, 3.63) is 35.6 Å². The van der Waals surface area contributed by atoms with Crippen LogP contribution in [0.2, 0.25) is 0 Å². The van der Waals surface area contributed by atoms with E-state index < -0.39 is 11.4 Å². The van der Waals surface area contributed by atoms with Crippen LogP contribution in [-0.4, -0.2) is 35.5 Å². The molecular weight excluding hydrogens is 251 g/mol. The molecule has 19 heavy (non-hydrogen) atoms. The van der Waals surface area contributed by atoms with Gasteiger partial charge in [0.2, 0.25) is 5.60 Å². The lowest BCUT2D eigenvalue weighted by Crippen LogP contribution is -2.45. The predicted molar refractivity (Wildman–Crippen MR) is 67.1 cm³/mol. The number of halogens is 1. The molecule has 2 N–H and O–H groups in total. The Balaban J connectivity index is 2.10. The summed E-state index contributed by atoms with van der Waals surface area (Å²) < 4.78 is 13.6. The van der Waals surface area contributed by atoms with E-state index >= 15 is 0 Å². The molecule has 0 spiro atoms. The van der Waals surface area contributed by atoms with Gasteiger partial charge in [0.25, 0.3) is 5.91 Å². The van der Waals surface area contributed by atoms with Crippen LogP contribution in [0, 0.1) is 5.82 Å². The lowest BCUT2D eigenvalue weighted by Gasteiger charge is -2.19. The quantitative estimate of drug-likeness (QED) is 0.847. The number of aliphatic hydroxyl groups excluding tert-OH is 1. The van der Waals surface area contributed by atoms with E-state index in [9.17, 15) is 9.18 Å². The van der Waals surface area contributed by atoms with Crippen LogP contribution < -0.4 is 5.32 Å². The molecule has 0 radical (unpaired) electrons. The van der Waals surface area contributed by atoms with Crippen LogP contribution in [0.25, 0.3) is 0 Å². The molecule has 0 aromatic heterocycles. The molecule has 1 aromatic rings. The number of hydrogen-bond donors (Lipinski definition) is 2. The lowest BCUT2D eigenvalue weighted by atomic mass is 9.95. The largest absolute Gasteiger partial charge is 0.395 e. The Morgan fingerprint density at radius 3 is 3.00 bits per heavy atom. The van der Waals surface area contributed by atoms with Gasteiger partial charge in [-0.3, -0.25) is 4.79 Å². The number of carbonyl (C=O) groups is 1. The SMILES string of the molecule is C[C@]1(C(=O)NCCO)CC(c2ccccc2F)=NO1. The highest BCUT2D eigenvalue weighted by atomic mass is 19.1. The molecule has 1 heterocycles. The van der Waals surface area contributed by atoms with Gasteiger partial charge < -0.3 is 15.3 Å². The van der Waals surface area contributed by atoms with E-state index in [-0.39, 0.29) is 25.5 Å². The number of rotatable bonds is 4. The van der Waals surface area contributed by atoms with Crippen molar-refractivity contribution in [3.8, 4) is 0 Å². The first-order valence-electron chi connectivity index (χ1n) is 5.96. The summed E-state index contributed by atoms with van der Waals surface area (Å²) in [6.45, 7) is 1.58. The van der Waals surface area contributed by atoms with Crippen molar-refractivity contribution >= 4 is 11.6 Å². The Hall–Kier alpha value is -1.95. The summed E-state index contributed by atoms with van der Waals surface area (Å²) in [4.78, 5) is 17.0. The molecule has 0 unspecified atom stereocenters. The molecule has 0 bridgehead atoms. The summed E-state index contributed by atoms with van der Waals surface area (Å²) in [6, 6.07) is 6.21. The van der Waals surface area contributed by atoms with E-state index in [2.05, 4.69) is 10.5 Å². The number of hydrogen-bond acceptors (Lipinski definition) is 4. The average molecular weight is 266 g/mol. The summed E-state index contributed by atoms with van der Waals surface area (Å²) in [6.07, 6.45) is 0.186. The maximum absolute atomic E-state index is 13.6. The van der Waals surface area contributed by atoms with Gasteiger partial charge in [-0.25, -0.2) is 4.39 Å². The van der Waals surface area contributed by atoms with Crippen molar-refractivity contribution in [2.75, 3.05) is 13.2 Å². The number of nitrogens with zero attached hydrogens (tertiary/aromatic N) is 1. The highest BCUT2D eigenvalue weighted by Gasteiger charge is 2.42. The van der Waals surface area contributed by atoms with E-state index in [0.29, 0.717) is 11.3 Å². The third kappa shape index (κ3) is 2.73. The number of aliphatic hydroxyl groups is 1. The van der Waals surface area contributed by atoms with Crippen LogP contribution >= 0.6 is 0 Å². The second-order valence-corrected chi connectivity index (χ2v) is 4.50. The number of oxime groups is 1. The zero-order chi connectivity index (χ0) is 13.9. The molecule has 6 heteroatoms. The third-order valence-corrected chi connectivity index (χ3v) is 2.92. The van der Waals surface area contributed by atoms with Gasteiger partial charge in [0.05, 0.1) is 12.3 Å². The molecule has 1 aliphatic rings. The first-order chi connectivity index (χ1) is 9.07. The minimum atomic E-state index is -1.16. The average Bonchev–Trinajstić information content (AvgIpc) is 2.80. The second kappa shape index (κ2) is 5.36. The van der Waals surface area contributed by atoms with Gasteiger partial charge in [-0.15, -0.1) is 0 Å². The lowest BCUT2D eigenvalue weighted by molar-refractivity contribution is -0.141. The van der Waals surface area contributed by atoms with Gasteiger partial charge in [-0.2, -0.15) is 0 Å². The number of amides is 1. The summed E-state index contributed by atoms with van der Waals surface area (Å²) >= 11 is 0. The Bertz CT molecular complexity index is 518. The molecule has 1 aromatic carbocycles. The summed E-state index contributed by atoms with van der Waals surface area (Å²) in [5, 5.41) is 15.0. The Kier molecular flexibility index (Phi) is 3.80. The Morgan fingerprint density at radius 2 is 2.32 bits per heavy atom. The molecule has 0 saturated heterocycles. The molecule has 1 amide bonds. The zero-order valence-corrected chi connectivity index (χ0v) is 10.5. The van der Waals surface area contributed by atoms with Gasteiger partial charge in [0, 0.05) is 18.5 Å². The second-order valence-electron chi connectivity index (χ2n) is 4.50. The topological polar surface area (TPSA) is 70.9 Å². The van der Waals surface area contributed by atoms with E-state index in [0.717, 1.165) is 0 Å². The maximum atomic E-state index is 13.6. The molecule has 0 saturated carbocycles. The molecule has 0 fully saturated rings. The van der Waals surface area contributed by atoms with Gasteiger partial charge in [0.1, 0.15) is 5.82 Å². The third-order valence-electron chi connectivity index (χ3n) is 2.92. The van der Waals surface area contributed by atoms with E-state index in [1.807, 2.05) is 0 Å². The standard InChI is InChI=1S/C13H15FN2O3/c1-13(12(18)15-6-7-17)8-11(16-19-13)9-4-2-3-5-10(9)14/h2-5,17H,6-8H2,1H3,(H,15,18)/t13-/m1/s1. The molecule has 1 aliphatic heterocycles. The summed E-state index contributed by atoms with van der Waals surface area (Å²) in [5.74, 6) is -0.776. The van der Waals surface area contributed by atoms with Crippen LogP contribution in [0.15, 0.2) is 29.4 Å². The number of nitrogens with one attached hydrogen (secondary N) is 1. The van der Waals surface area contributed by atoms with Crippen LogP contribution in [0.4, 0.5) is 4.39 Å². The van der Waals surface area contributed by atoms with Crippen LogP contribution in [0.1, 0.15) is 18.9 Å². The predicted octanol–water partition coefficient (Wildman–Crippen LogP) is 0.817. The van der Waals surface area contributed by atoms with Gasteiger partial charge in [0.15, 0.2) is 0 Å². The van der Waals surface area contributed by atoms with Crippen LogP contribution in [0.5, 0.6) is 0 Å². The molecule has 1 atom stereocenters.